The highest BCUT2D eigenvalue weighted by Crippen LogP contribution is 2.56. The number of ether oxygens (including phenoxy) is 1. The van der Waals surface area contributed by atoms with Crippen LogP contribution in [0.1, 0.15) is 70.2 Å². The van der Waals surface area contributed by atoms with Crippen LogP contribution in [0.2, 0.25) is 5.02 Å². The fraction of sp³-hybridized carbons (Fsp3) is 0.297. The first-order chi connectivity index (χ1) is 23.7. The van der Waals surface area contributed by atoms with E-state index in [0.29, 0.717) is 39.8 Å². The molecule has 3 aromatic carbocycles. The van der Waals surface area contributed by atoms with Crippen LogP contribution >= 0.6 is 24.4 Å². The van der Waals surface area contributed by atoms with Crippen molar-refractivity contribution >= 4 is 58.6 Å². The molecular weight excluding hydrogens is 663 g/mol. The molecule has 2 aromatic heterocycles. The number of nitrogens with zero attached hydrogens (tertiary/aromatic N) is 4. The summed E-state index contributed by atoms with van der Waals surface area (Å²) in [6, 6.07) is 19.5. The van der Waals surface area contributed by atoms with E-state index in [0.717, 1.165) is 72.6 Å². The normalized spacial score (nSPS) is 16.9. The van der Waals surface area contributed by atoms with Crippen molar-refractivity contribution in [3.8, 4) is 5.88 Å². The molecule has 2 fully saturated rings. The number of nitrogens with one attached hydrogen (secondary N) is 2. The number of imidazole rings is 1. The van der Waals surface area contributed by atoms with E-state index in [9.17, 15) is 14.0 Å². The first-order valence-electron chi connectivity index (χ1n) is 16.4. The molecule has 1 saturated heterocycles. The van der Waals surface area contributed by atoms with Gasteiger partial charge in [0.1, 0.15) is 18.2 Å². The first-order valence-corrected chi connectivity index (χ1v) is 17.2. The Balaban J connectivity index is 0.895. The summed E-state index contributed by atoms with van der Waals surface area (Å²) < 4.78 is 21.8. The summed E-state index contributed by atoms with van der Waals surface area (Å²) in [4.78, 5) is 37.8. The molecule has 12 heteroatoms. The van der Waals surface area contributed by atoms with Crippen molar-refractivity contribution in [3.63, 3.8) is 0 Å². The fourth-order valence-corrected chi connectivity index (χ4v) is 7.50. The lowest BCUT2D eigenvalue weighted by Crippen LogP contribution is -2.33. The van der Waals surface area contributed by atoms with Crippen LogP contribution in [0.3, 0.4) is 0 Å². The first kappa shape index (κ1) is 31.8. The Morgan fingerprint density at radius 3 is 2.69 bits per heavy atom. The minimum Gasteiger partial charge on any atom is -0.473 e. The summed E-state index contributed by atoms with van der Waals surface area (Å²) >= 11 is 10.6. The minimum atomic E-state index is -0.427. The number of halogens is 2. The van der Waals surface area contributed by atoms with Crippen LogP contribution in [-0.2, 0) is 23.4 Å². The number of anilines is 2. The van der Waals surface area contributed by atoms with Gasteiger partial charge in [0, 0.05) is 45.2 Å². The maximum atomic E-state index is 14.2. The summed E-state index contributed by atoms with van der Waals surface area (Å²) in [6.45, 7) is 4.37. The Labute approximate surface area is 293 Å². The number of aryl methyl sites for hydroxylation is 1. The zero-order valence-corrected chi connectivity index (χ0v) is 28.5. The van der Waals surface area contributed by atoms with E-state index in [1.165, 1.54) is 6.07 Å². The average molecular weight is 697 g/mol. The summed E-state index contributed by atoms with van der Waals surface area (Å²) in [5.41, 5.74) is 6.45. The highest BCUT2D eigenvalue weighted by Gasteiger charge is 2.56. The Morgan fingerprint density at radius 1 is 1.10 bits per heavy atom. The van der Waals surface area contributed by atoms with Crippen LogP contribution in [0.15, 0.2) is 66.7 Å². The Kier molecular flexibility index (Phi) is 8.08. The number of amides is 2. The quantitative estimate of drug-likeness (QED) is 0.146. The van der Waals surface area contributed by atoms with Gasteiger partial charge in [-0.25, -0.2) is 14.4 Å². The van der Waals surface area contributed by atoms with Crippen LogP contribution < -0.4 is 15.4 Å². The van der Waals surface area contributed by atoms with E-state index in [1.54, 1.807) is 34.3 Å². The van der Waals surface area contributed by atoms with Crippen LogP contribution in [0, 0.1) is 12.7 Å². The summed E-state index contributed by atoms with van der Waals surface area (Å²) in [7, 11) is 0. The number of hydrogen-bond donors (Lipinski definition) is 3. The molecule has 1 aliphatic carbocycles. The van der Waals surface area contributed by atoms with Gasteiger partial charge in [-0.2, -0.15) is 0 Å². The highest BCUT2D eigenvalue weighted by molar-refractivity contribution is 7.78. The number of hydrogen-bond acceptors (Lipinski definition) is 7. The molecule has 250 valence electrons. The molecule has 2 amide bonds. The number of piperidine rings is 1. The van der Waals surface area contributed by atoms with Crippen LogP contribution in [0.4, 0.5) is 15.8 Å². The van der Waals surface area contributed by atoms with Crippen molar-refractivity contribution in [2.45, 2.75) is 57.1 Å². The fourth-order valence-electron chi connectivity index (χ4n) is 7.06. The molecule has 4 heterocycles. The van der Waals surface area contributed by atoms with E-state index in [1.807, 2.05) is 37.3 Å². The Hall–Kier alpha value is -4.45. The van der Waals surface area contributed by atoms with Gasteiger partial charge < -0.3 is 15.4 Å². The van der Waals surface area contributed by atoms with E-state index < -0.39 is 11.2 Å². The van der Waals surface area contributed by atoms with Gasteiger partial charge in [-0.3, -0.25) is 18.5 Å². The largest absolute Gasteiger partial charge is 0.473 e. The Bertz CT molecular complexity index is 2140. The van der Waals surface area contributed by atoms with Crippen molar-refractivity contribution in [2.75, 3.05) is 23.7 Å². The number of pyridine rings is 1. The number of thiol groups is 1. The third-order valence-electron chi connectivity index (χ3n) is 10.00. The molecule has 5 aromatic rings. The number of benzene rings is 3. The third-order valence-corrected chi connectivity index (χ3v) is 10.7. The third kappa shape index (κ3) is 6.04. The van der Waals surface area contributed by atoms with Crippen LogP contribution in [0.5, 0.6) is 5.88 Å². The molecule has 49 heavy (non-hydrogen) atoms. The molecule has 3 aliphatic rings. The van der Waals surface area contributed by atoms with Crippen molar-refractivity contribution in [2.24, 2.45) is 0 Å². The minimum absolute atomic E-state index is 0.0562. The van der Waals surface area contributed by atoms with Gasteiger partial charge in [-0.05, 0) is 105 Å². The average Bonchev–Trinajstić information content (AvgIpc) is 3.78. The number of fused-ring (bicyclic) bond motifs is 3. The van der Waals surface area contributed by atoms with Crippen molar-refractivity contribution in [1.29, 1.82) is 0 Å². The number of carbonyl (C=O) groups excluding carboxylic acids is 2. The summed E-state index contributed by atoms with van der Waals surface area (Å²) in [5.74, 6) is 0.972. The van der Waals surface area contributed by atoms with Gasteiger partial charge in [-0.1, -0.05) is 36.5 Å². The van der Waals surface area contributed by atoms with Crippen molar-refractivity contribution in [1.82, 2.24) is 18.8 Å². The van der Waals surface area contributed by atoms with Crippen LogP contribution in [0.25, 0.3) is 11.0 Å². The SMILES string of the molecule is Cc1cc(NC(=O)c2ccc3c(c2)nc(CN2CCC(c4cccc(OCc5ccc(Cl)cc5F)n4)CC2)n3S)cc2c1NC(=O)C21CC1. The molecular formula is C37H34ClFN6O3S. The van der Waals surface area contributed by atoms with Gasteiger partial charge in [-0.15, -0.1) is 0 Å². The predicted octanol–water partition coefficient (Wildman–Crippen LogP) is 7.42. The molecule has 0 bridgehead atoms. The smallest absolute Gasteiger partial charge is 0.255 e. The second kappa shape index (κ2) is 12.5. The lowest BCUT2D eigenvalue weighted by atomic mass is 9.93. The van der Waals surface area contributed by atoms with Crippen molar-refractivity contribution < 1.29 is 18.7 Å². The number of likely N-dealkylation sites (tertiary alicyclic amines) is 1. The van der Waals surface area contributed by atoms with Gasteiger partial charge in [0.15, 0.2) is 0 Å². The molecule has 0 unspecified atom stereocenters. The predicted molar refractivity (Wildman–Crippen MR) is 190 cm³/mol. The van der Waals surface area contributed by atoms with E-state index in [2.05, 4.69) is 15.5 Å². The van der Waals surface area contributed by atoms with Gasteiger partial charge in [0.2, 0.25) is 11.8 Å². The standard InChI is InChI=1S/C37H34ClFN6O3S/c1-21-15-26(18-27-34(21)43-36(47)37(27)11-12-37)40-35(46)23-6-8-31-30(16-23)41-32(45(31)49)19-44-13-9-22(10-14-44)29-3-2-4-33(42-29)48-20-24-5-7-25(38)17-28(24)39/h2-8,15-18,22,49H,9-14,19-20H2,1H3,(H,40,46)(H,43,47). The molecule has 0 radical (unpaired) electrons. The number of rotatable bonds is 8. The van der Waals surface area contributed by atoms with Gasteiger partial charge >= 0.3 is 0 Å². The number of aromatic nitrogens is 3. The molecule has 0 atom stereocenters. The van der Waals surface area contributed by atoms with Gasteiger partial charge in [0.25, 0.3) is 5.91 Å². The maximum absolute atomic E-state index is 14.2. The van der Waals surface area contributed by atoms with E-state index >= 15 is 0 Å². The molecule has 9 nitrogen and oxygen atoms in total. The second-order valence-electron chi connectivity index (χ2n) is 13.2. The Morgan fingerprint density at radius 2 is 1.92 bits per heavy atom. The molecule has 1 spiro atoms. The molecule has 2 aliphatic heterocycles. The van der Waals surface area contributed by atoms with E-state index in [4.69, 9.17) is 39.1 Å². The van der Waals surface area contributed by atoms with E-state index in [-0.39, 0.29) is 24.3 Å². The summed E-state index contributed by atoms with van der Waals surface area (Å²) in [6.07, 6.45) is 3.52. The van der Waals surface area contributed by atoms with Crippen molar-refractivity contribution in [3.05, 3.63) is 111 Å². The lowest BCUT2D eigenvalue weighted by Gasteiger charge is -2.31. The molecule has 2 N–H and O–H groups in total. The second-order valence-corrected chi connectivity index (χ2v) is 14.1. The van der Waals surface area contributed by atoms with Gasteiger partial charge in [0.05, 0.1) is 23.0 Å². The zero-order chi connectivity index (χ0) is 33.9. The van der Waals surface area contributed by atoms with Crippen LogP contribution in [-0.4, -0.2) is 43.7 Å². The lowest BCUT2D eigenvalue weighted by molar-refractivity contribution is -0.117. The molecule has 8 rings (SSSR count). The maximum Gasteiger partial charge on any atom is 0.255 e. The highest BCUT2D eigenvalue weighted by atomic mass is 35.5. The topological polar surface area (TPSA) is 101 Å². The molecule has 1 saturated carbocycles. The zero-order valence-electron chi connectivity index (χ0n) is 26.8. The monoisotopic (exact) mass is 696 g/mol. The number of carbonyl (C=O) groups is 2. The summed E-state index contributed by atoms with van der Waals surface area (Å²) in [5, 5.41) is 6.39.